The number of nitrogens with zero attached hydrogens (tertiary/aromatic N) is 4. The predicted octanol–water partition coefficient (Wildman–Crippen LogP) is 3.40. The van der Waals surface area contributed by atoms with E-state index in [0.29, 0.717) is 18.2 Å². The first-order valence-electron chi connectivity index (χ1n) is 9.56. The third-order valence-electron chi connectivity index (χ3n) is 5.75. The number of fused-ring (bicyclic) bond motifs is 1. The van der Waals surface area contributed by atoms with Crippen molar-refractivity contribution in [2.45, 2.75) is 33.2 Å². The minimum atomic E-state index is 0.161. The average molecular weight is 362 g/mol. The van der Waals surface area contributed by atoms with Gasteiger partial charge in [0.05, 0.1) is 11.9 Å². The van der Waals surface area contributed by atoms with Crippen LogP contribution in [0.1, 0.15) is 25.4 Å². The number of ketones is 1. The lowest BCUT2D eigenvalue weighted by molar-refractivity contribution is -0.128. The Bertz CT molecular complexity index is 999. The topological polar surface area (TPSA) is 51.0 Å². The van der Waals surface area contributed by atoms with Crippen LogP contribution >= 0.6 is 0 Å². The van der Waals surface area contributed by atoms with Crippen LogP contribution in [0, 0.1) is 12.8 Å². The van der Waals surface area contributed by atoms with E-state index < -0.39 is 0 Å². The molecule has 0 atom stereocenters. The van der Waals surface area contributed by atoms with Gasteiger partial charge in [-0.25, -0.2) is 4.98 Å². The summed E-state index contributed by atoms with van der Waals surface area (Å²) in [5.74, 6) is 1.45. The Morgan fingerprint density at radius 2 is 1.93 bits per heavy atom. The molecule has 1 aromatic carbocycles. The molecule has 0 bridgehead atoms. The van der Waals surface area contributed by atoms with Gasteiger partial charge in [-0.1, -0.05) is 12.1 Å². The molecule has 140 valence electrons. The van der Waals surface area contributed by atoms with Gasteiger partial charge < -0.3 is 4.57 Å². The number of pyridine rings is 1. The van der Waals surface area contributed by atoms with Crippen LogP contribution in [0.15, 0.2) is 36.7 Å². The SMILES string of the molecule is Cc1ncc(-c2ccc3cnc(CC(=O)C4CN(C(C)C)C4)cc3c2)n1C. The van der Waals surface area contributed by atoms with Crippen LogP contribution in [-0.2, 0) is 18.3 Å². The van der Waals surface area contributed by atoms with Crippen molar-refractivity contribution in [3.63, 3.8) is 0 Å². The lowest BCUT2D eigenvalue weighted by Crippen LogP contribution is -2.53. The van der Waals surface area contributed by atoms with Gasteiger partial charge in [0, 0.05) is 61.4 Å². The largest absolute Gasteiger partial charge is 0.331 e. The smallest absolute Gasteiger partial charge is 0.144 e. The van der Waals surface area contributed by atoms with Gasteiger partial charge in [0.1, 0.15) is 11.6 Å². The zero-order valence-corrected chi connectivity index (χ0v) is 16.4. The van der Waals surface area contributed by atoms with Crippen molar-refractivity contribution in [2.24, 2.45) is 13.0 Å². The van der Waals surface area contributed by atoms with E-state index in [4.69, 9.17) is 0 Å². The normalized spacial score (nSPS) is 15.4. The van der Waals surface area contributed by atoms with Crippen LogP contribution in [0.25, 0.3) is 22.0 Å². The molecule has 5 nitrogen and oxygen atoms in total. The second kappa shape index (κ2) is 6.89. The third kappa shape index (κ3) is 3.39. The van der Waals surface area contributed by atoms with Gasteiger partial charge in [-0.05, 0) is 38.3 Å². The summed E-state index contributed by atoms with van der Waals surface area (Å²) in [6, 6.07) is 8.91. The van der Waals surface area contributed by atoms with Crippen LogP contribution in [0.4, 0.5) is 0 Å². The zero-order valence-electron chi connectivity index (χ0n) is 16.4. The maximum absolute atomic E-state index is 12.6. The first kappa shape index (κ1) is 17.9. The first-order valence-corrected chi connectivity index (χ1v) is 9.56. The Kier molecular flexibility index (Phi) is 4.56. The molecule has 2 aromatic heterocycles. The van der Waals surface area contributed by atoms with Gasteiger partial charge in [-0.2, -0.15) is 0 Å². The summed E-state index contributed by atoms with van der Waals surface area (Å²) in [7, 11) is 2.03. The van der Waals surface area contributed by atoms with Gasteiger partial charge >= 0.3 is 0 Å². The minimum Gasteiger partial charge on any atom is -0.331 e. The molecule has 27 heavy (non-hydrogen) atoms. The van der Waals surface area contributed by atoms with Crippen molar-refractivity contribution in [2.75, 3.05) is 13.1 Å². The Labute approximate surface area is 160 Å². The molecule has 0 amide bonds. The Morgan fingerprint density at radius 1 is 1.15 bits per heavy atom. The minimum absolute atomic E-state index is 0.161. The molecular weight excluding hydrogens is 336 g/mol. The quantitative estimate of drug-likeness (QED) is 0.698. The number of benzene rings is 1. The zero-order chi connectivity index (χ0) is 19.1. The molecule has 0 spiro atoms. The number of hydrogen-bond acceptors (Lipinski definition) is 4. The van der Waals surface area contributed by atoms with Crippen LogP contribution in [0.2, 0.25) is 0 Å². The molecule has 0 saturated carbocycles. The number of carbonyl (C=O) groups excluding carboxylic acids is 1. The fraction of sp³-hybridized carbons (Fsp3) is 0.409. The number of carbonyl (C=O) groups is 1. The summed E-state index contributed by atoms with van der Waals surface area (Å²) in [5.41, 5.74) is 3.07. The molecule has 3 heterocycles. The molecular formula is C22H26N4O. The van der Waals surface area contributed by atoms with Gasteiger partial charge in [0.15, 0.2) is 0 Å². The molecule has 0 unspecified atom stereocenters. The summed E-state index contributed by atoms with van der Waals surface area (Å²) in [4.78, 5) is 23.8. The highest BCUT2D eigenvalue weighted by molar-refractivity contribution is 5.88. The number of rotatable bonds is 5. The van der Waals surface area contributed by atoms with Crippen molar-refractivity contribution in [1.29, 1.82) is 0 Å². The highest BCUT2D eigenvalue weighted by Gasteiger charge is 2.33. The Morgan fingerprint density at radius 3 is 2.59 bits per heavy atom. The van der Waals surface area contributed by atoms with E-state index in [9.17, 15) is 4.79 Å². The second-order valence-corrected chi connectivity index (χ2v) is 7.87. The van der Waals surface area contributed by atoms with Crippen molar-refractivity contribution in [1.82, 2.24) is 19.4 Å². The van der Waals surface area contributed by atoms with Gasteiger partial charge in [0.25, 0.3) is 0 Å². The van der Waals surface area contributed by atoms with Crippen molar-refractivity contribution in [3.8, 4) is 11.3 Å². The lowest BCUT2D eigenvalue weighted by Gasteiger charge is -2.41. The van der Waals surface area contributed by atoms with Crippen LogP contribution in [-0.4, -0.2) is 44.3 Å². The second-order valence-electron chi connectivity index (χ2n) is 7.87. The molecule has 0 aliphatic carbocycles. The Hall–Kier alpha value is -2.53. The summed E-state index contributed by atoms with van der Waals surface area (Å²) in [6.07, 6.45) is 4.19. The molecule has 4 rings (SSSR count). The Balaban J connectivity index is 1.55. The van der Waals surface area contributed by atoms with E-state index in [2.05, 4.69) is 57.5 Å². The number of hydrogen-bond donors (Lipinski definition) is 0. The average Bonchev–Trinajstić information content (AvgIpc) is 2.91. The lowest BCUT2D eigenvalue weighted by atomic mass is 9.91. The molecule has 1 aliphatic rings. The maximum Gasteiger partial charge on any atom is 0.144 e. The standard InChI is InChI=1S/C22H26N4O/c1-14(2)26-12-19(13-26)22(27)9-20-8-18-7-16(5-6-17(18)10-24-20)21-11-23-15(3)25(21)4/h5-8,10-11,14,19H,9,12-13H2,1-4H3. The highest BCUT2D eigenvalue weighted by Crippen LogP contribution is 2.26. The molecule has 1 saturated heterocycles. The summed E-state index contributed by atoms with van der Waals surface area (Å²) in [5, 5.41) is 2.20. The number of Topliss-reactive ketones (excluding diaryl/α,β-unsaturated/α-hetero) is 1. The van der Waals surface area contributed by atoms with Gasteiger partial charge in [-0.3, -0.25) is 14.7 Å². The number of aromatic nitrogens is 3. The van der Waals surface area contributed by atoms with Crippen molar-refractivity contribution >= 4 is 16.6 Å². The van der Waals surface area contributed by atoms with Gasteiger partial charge in [0.2, 0.25) is 0 Å². The van der Waals surface area contributed by atoms with Crippen LogP contribution < -0.4 is 0 Å². The fourth-order valence-electron chi connectivity index (χ4n) is 3.67. The monoisotopic (exact) mass is 362 g/mol. The number of aryl methyl sites for hydroxylation is 1. The van der Waals surface area contributed by atoms with E-state index in [-0.39, 0.29) is 5.92 Å². The number of likely N-dealkylation sites (tertiary alicyclic amines) is 1. The van der Waals surface area contributed by atoms with E-state index in [1.165, 1.54) is 0 Å². The van der Waals surface area contributed by atoms with Gasteiger partial charge in [-0.15, -0.1) is 0 Å². The highest BCUT2D eigenvalue weighted by atomic mass is 16.1. The van der Waals surface area contributed by atoms with E-state index in [1.807, 2.05) is 26.4 Å². The van der Waals surface area contributed by atoms with Crippen LogP contribution in [0.5, 0.6) is 0 Å². The molecule has 5 heteroatoms. The van der Waals surface area contributed by atoms with Crippen LogP contribution in [0.3, 0.4) is 0 Å². The molecule has 0 N–H and O–H groups in total. The summed E-state index contributed by atoms with van der Waals surface area (Å²) >= 11 is 0. The van der Waals surface area contributed by atoms with E-state index >= 15 is 0 Å². The van der Waals surface area contributed by atoms with E-state index in [1.54, 1.807) is 0 Å². The van der Waals surface area contributed by atoms with Crippen molar-refractivity contribution < 1.29 is 4.79 Å². The first-order chi connectivity index (χ1) is 12.9. The van der Waals surface area contributed by atoms with Crippen molar-refractivity contribution in [3.05, 3.63) is 48.2 Å². The number of imidazole rings is 1. The summed E-state index contributed by atoms with van der Waals surface area (Å²) < 4.78 is 2.09. The maximum atomic E-state index is 12.6. The molecule has 0 radical (unpaired) electrons. The summed E-state index contributed by atoms with van der Waals surface area (Å²) in [6.45, 7) is 8.11. The molecule has 3 aromatic rings. The predicted molar refractivity (Wildman–Crippen MR) is 108 cm³/mol. The third-order valence-corrected chi connectivity index (χ3v) is 5.75. The molecule has 1 aliphatic heterocycles. The molecule has 1 fully saturated rings. The van der Waals surface area contributed by atoms with E-state index in [0.717, 1.165) is 46.6 Å². The fourth-order valence-corrected chi connectivity index (χ4v) is 3.67.